The molecule has 0 aromatic heterocycles. The highest BCUT2D eigenvalue weighted by Gasteiger charge is 2.20. The molecule has 1 aromatic carbocycles. The molecule has 1 fully saturated rings. The molecule has 0 radical (unpaired) electrons. The number of nitrogens with one attached hydrogen (secondary N) is 1. The van der Waals surface area contributed by atoms with Gasteiger partial charge in [0.15, 0.2) is 0 Å². The van der Waals surface area contributed by atoms with Gasteiger partial charge in [0, 0.05) is 31.9 Å². The Balaban J connectivity index is 1.70. The number of halogens is 1. The number of anilines is 1. The molecule has 4 nitrogen and oxygen atoms in total. The predicted octanol–water partition coefficient (Wildman–Crippen LogP) is 2.82. The summed E-state index contributed by atoms with van der Waals surface area (Å²) in [4.78, 5) is 16.7. The van der Waals surface area contributed by atoms with Crippen LogP contribution in [0.25, 0.3) is 0 Å². The second-order valence-electron chi connectivity index (χ2n) is 7.49. The number of piperazine rings is 1. The fraction of sp³-hybridized carbons (Fsp3) is 0.611. The van der Waals surface area contributed by atoms with Crippen molar-refractivity contribution in [3.63, 3.8) is 0 Å². The summed E-state index contributed by atoms with van der Waals surface area (Å²) in [7, 11) is 0. The van der Waals surface area contributed by atoms with Crippen molar-refractivity contribution in [3.05, 3.63) is 30.1 Å². The second-order valence-corrected chi connectivity index (χ2v) is 7.49. The lowest BCUT2D eigenvalue weighted by molar-refractivity contribution is -0.117. The fourth-order valence-electron chi connectivity index (χ4n) is 2.63. The molecule has 5 heteroatoms. The van der Waals surface area contributed by atoms with Crippen LogP contribution >= 0.6 is 0 Å². The van der Waals surface area contributed by atoms with E-state index < -0.39 is 0 Å². The Labute approximate surface area is 138 Å². The van der Waals surface area contributed by atoms with Crippen molar-refractivity contribution in [3.8, 4) is 0 Å². The van der Waals surface area contributed by atoms with Crippen LogP contribution < -0.4 is 5.32 Å². The molecule has 128 valence electrons. The maximum atomic E-state index is 13.1. The molecular weight excluding hydrogens is 293 g/mol. The van der Waals surface area contributed by atoms with Crippen LogP contribution in [0.4, 0.5) is 10.1 Å². The van der Waals surface area contributed by atoms with Gasteiger partial charge in [-0.05, 0) is 36.6 Å². The van der Waals surface area contributed by atoms with Crippen molar-refractivity contribution in [1.29, 1.82) is 0 Å². The third-order valence-electron chi connectivity index (χ3n) is 4.12. The zero-order valence-electron chi connectivity index (χ0n) is 14.4. The van der Waals surface area contributed by atoms with Crippen molar-refractivity contribution in [2.75, 3.05) is 44.6 Å². The summed E-state index contributed by atoms with van der Waals surface area (Å²) in [5.41, 5.74) is 0.876. The monoisotopic (exact) mass is 321 g/mol. The lowest BCUT2D eigenvalue weighted by Crippen LogP contribution is -2.49. The molecule has 1 saturated heterocycles. The lowest BCUT2D eigenvalue weighted by Gasteiger charge is -2.35. The van der Waals surface area contributed by atoms with Gasteiger partial charge in [-0.15, -0.1) is 0 Å². The molecule has 1 heterocycles. The van der Waals surface area contributed by atoms with E-state index in [1.807, 2.05) is 0 Å². The quantitative estimate of drug-likeness (QED) is 0.906. The first-order chi connectivity index (χ1) is 10.8. The SMILES string of the molecule is CC(C)(C)CCN1CCN(CC(=O)Nc2cccc(F)c2)CC1. The topological polar surface area (TPSA) is 35.6 Å². The number of amides is 1. The largest absolute Gasteiger partial charge is 0.325 e. The standard InChI is InChI=1S/C18H28FN3O/c1-18(2,3)7-8-21-9-11-22(12-10-21)14-17(23)20-16-6-4-5-15(19)13-16/h4-6,13H,7-12,14H2,1-3H3,(H,20,23). The normalized spacial score (nSPS) is 17.2. The molecule has 0 aliphatic carbocycles. The maximum Gasteiger partial charge on any atom is 0.238 e. The molecule has 0 bridgehead atoms. The summed E-state index contributed by atoms with van der Waals surface area (Å²) in [5, 5.41) is 2.75. The number of hydrogen-bond acceptors (Lipinski definition) is 3. The lowest BCUT2D eigenvalue weighted by atomic mass is 9.92. The van der Waals surface area contributed by atoms with Crippen LogP contribution in [-0.2, 0) is 4.79 Å². The van der Waals surface area contributed by atoms with Crippen LogP contribution in [0.15, 0.2) is 24.3 Å². The molecule has 2 rings (SSSR count). The van der Waals surface area contributed by atoms with Crippen molar-refractivity contribution >= 4 is 11.6 Å². The first kappa shape index (κ1) is 17.9. The highest BCUT2D eigenvalue weighted by atomic mass is 19.1. The van der Waals surface area contributed by atoms with E-state index in [4.69, 9.17) is 0 Å². The van der Waals surface area contributed by atoms with Gasteiger partial charge in [0.25, 0.3) is 0 Å². The molecule has 0 saturated carbocycles. The van der Waals surface area contributed by atoms with Gasteiger partial charge in [-0.2, -0.15) is 0 Å². The summed E-state index contributed by atoms with van der Waals surface area (Å²) >= 11 is 0. The smallest absolute Gasteiger partial charge is 0.238 e. The van der Waals surface area contributed by atoms with E-state index in [9.17, 15) is 9.18 Å². The Kier molecular flexibility index (Phi) is 6.13. The number of carbonyl (C=O) groups excluding carboxylic acids is 1. The van der Waals surface area contributed by atoms with Crippen molar-refractivity contribution in [2.45, 2.75) is 27.2 Å². The van der Waals surface area contributed by atoms with E-state index >= 15 is 0 Å². The van der Waals surface area contributed by atoms with Crippen molar-refractivity contribution in [1.82, 2.24) is 9.80 Å². The van der Waals surface area contributed by atoms with Crippen molar-refractivity contribution in [2.24, 2.45) is 5.41 Å². The number of benzene rings is 1. The van der Waals surface area contributed by atoms with Crippen LogP contribution in [0.2, 0.25) is 0 Å². The average Bonchev–Trinajstić information content (AvgIpc) is 2.45. The van der Waals surface area contributed by atoms with Crippen molar-refractivity contribution < 1.29 is 9.18 Å². The summed E-state index contributed by atoms with van der Waals surface area (Å²) in [6, 6.07) is 6.00. The zero-order valence-corrected chi connectivity index (χ0v) is 14.4. The molecule has 1 aromatic rings. The summed E-state index contributed by atoms with van der Waals surface area (Å²) < 4.78 is 13.1. The fourth-order valence-corrected chi connectivity index (χ4v) is 2.63. The molecule has 23 heavy (non-hydrogen) atoms. The van der Waals surface area contributed by atoms with Crippen LogP contribution in [0.5, 0.6) is 0 Å². The Morgan fingerprint density at radius 1 is 1.17 bits per heavy atom. The molecular formula is C18H28FN3O. The zero-order chi connectivity index (χ0) is 16.9. The molecule has 1 N–H and O–H groups in total. The molecule has 1 aliphatic heterocycles. The molecule has 0 spiro atoms. The van der Waals surface area contributed by atoms with Gasteiger partial charge in [0.2, 0.25) is 5.91 Å². The highest BCUT2D eigenvalue weighted by molar-refractivity contribution is 5.92. The van der Waals surface area contributed by atoms with E-state index in [-0.39, 0.29) is 11.7 Å². The maximum absolute atomic E-state index is 13.1. The number of rotatable bonds is 5. The summed E-state index contributed by atoms with van der Waals surface area (Å²) in [5.74, 6) is -0.422. The van der Waals surface area contributed by atoms with Gasteiger partial charge in [-0.3, -0.25) is 9.69 Å². The van der Waals surface area contributed by atoms with E-state index in [1.165, 1.54) is 18.6 Å². The van der Waals surface area contributed by atoms with Crippen LogP contribution in [0.3, 0.4) is 0 Å². The van der Waals surface area contributed by atoms with E-state index in [2.05, 4.69) is 35.9 Å². The van der Waals surface area contributed by atoms with Gasteiger partial charge < -0.3 is 10.2 Å². The predicted molar refractivity (Wildman–Crippen MR) is 92.0 cm³/mol. The van der Waals surface area contributed by atoms with Gasteiger partial charge in [0.05, 0.1) is 6.54 Å². The van der Waals surface area contributed by atoms with Gasteiger partial charge in [-0.25, -0.2) is 4.39 Å². The first-order valence-corrected chi connectivity index (χ1v) is 8.32. The summed E-state index contributed by atoms with van der Waals surface area (Å²) in [6.07, 6.45) is 1.19. The minimum Gasteiger partial charge on any atom is -0.325 e. The number of carbonyl (C=O) groups is 1. The van der Waals surface area contributed by atoms with Crippen LogP contribution in [0.1, 0.15) is 27.2 Å². The molecule has 1 aliphatic rings. The Morgan fingerprint density at radius 2 is 1.83 bits per heavy atom. The van der Waals surface area contributed by atoms with Crippen LogP contribution in [0, 0.1) is 11.2 Å². The highest BCUT2D eigenvalue weighted by Crippen LogP contribution is 2.19. The van der Waals surface area contributed by atoms with Crippen LogP contribution in [-0.4, -0.2) is 55.0 Å². The van der Waals surface area contributed by atoms with Gasteiger partial charge in [-0.1, -0.05) is 26.8 Å². The van der Waals surface area contributed by atoms with E-state index in [1.54, 1.807) is 12.1 Å². The Bertz CT molecular complexity index is 519. The Morgan fingerprint density at radius 3 is 2.43 bits per heavy atom. The second kappa shape index (κ2) is 7.88. The third-order valence-corrected chi connectivity index (χ3v) is 4.12. The summed E-state index contributed by atoms with van der Waals surface area (Å²) in [6.45, 7) is 12.1. The molecule has 0 unspecified atom stereocenters. The molecule has 1 amide bonds. The first-order valence-electron chi connectivity index (χ1n) is 8.32. The minimum atomic E-state index is -0.338. The number of hydrogen-bond donors (Lipinski definition) is 1. The van der Waals surface area contributed by atoms with E-state index in [0.717, 1.165) is 32.7 Å². The third kappa shape index (κ3) is 6.67. The van der Waals surface area contributed by atoms with Gasteiger partial charge >= 0.3 is 0 Å². The molecule has 0 atom stereocenters. The van der Waals surface area contributed by atoms with Gasteiger partial charge in [0.1, 0.15) is 5.82 Å². The van der Waals surface area contributed by atoms with E-state index in [0.29, 0.717) is 17.6 Å². The Hall–Kier alpha value is -1.46. The number of nitrogens with zero attached hydrogens (tertiary/aromatic N) is 2. The minimum absolute atomic E-state index is 0.0845. The average molecular weight is 321 g/mol.